The minimum Gasteiger partial charge on any atom is -0.497 e. The first-order valence-electron chi connectivity index (χ1n) is 9.58. The lowest BCUT2D eigenvalue weighted by molar-refractivity contribution is -0.122. The van der Waals surface area contributed by atoms with Crippen LogP contribution in [0.15, 0.2) is 58.4 Å². The first-order chi connectivity index (χ1) is 14.5. The van der Waals surface area contributed by atoms with Gasteiger partial charge in [0.1, 0.15) is 11.6 Å². The molecule has 1 amide bonds. The number of methoxy groups -OCH3 is 1. The van der Waals surface area contributed by atoms with Gasteiger partial charge >= 0.3 is 0 Å². The zero-order valence-electron chi connectivity index (χ0n) is 16.6. The van der Waals surface area contributed by atoms with Gasteiger partial charge in [-0.1, -0.05) is 0 Å². The van der Waals surface area contributed by atoms with Crippen LogP contribution in [-0.2, 0) is 4.79 Å². The molecular weight excluding hydrogens is 387 g/mol. The Labute approximate surface area is 172 Å². The van der Waals surface area contributed by atoms with Gasteiger partial charge in [0, 0.05) is 11.5 Å². The summed E-state index contributed by atoms with van der Waals surface area (Å²) in [4.78, 5) is 25.2. The first kappa shape index (κ1) is 19.6. The Morgan fingerprint density at radius 1 is 1.17 bits per heavy atom. The molecule has 0 spiro atoms. The third-order valence-corrected chi connectivity index (χ3v) is 5.00. The SMILES string of the molecule is COc1ccc(-c2[nH]n(-c3ccc(F)cc3)c(=O)c2C(C)=NNC(=O)C2CC2)cc1. The van der Waals surface area contributed by atoms with Crippen LogP contribution in [0.5, 0.6) is 5.75 Å². The van der Waals surface area contributed by atoms with Crippen LogP contribution in [0.25, 0.3) is 16.9 Å². The molecule has 4 rings (SSSR count). The zero-order chi connectivity index (χ0) is 21.3. The van der Waals surface area contributed by atoms with E-state index >= 15 is 0 Å². The summed E-state index contributed by atoms with van der Waals surface area (Å²) in [6.45, 7) is 1.67. The van der Waals surface area contributed by atoms with E-state index in [-0.39, 0.29) is 17.4 Å². The topological polar surface area (TPSA) is 88.5 Å². The zero-order valence-corrected chi connectivity index (χ0v) is 16.6. The van der Waals surface area contributed by atoms with Gasteiger partial charge < -0.3 is 4.74 Å². The van der Waals surface area contributed by atoms with Crippen molar-refractivity contribution in [3.05, 3.63) is 70.3 Å². The van der Waals surface area contributed by atoms with Crippen LogP contribution in [0, 0.1) is 11.7 Å². The Morgan fingerprint density at radius 2 is 1.83 bits per heavy atom. The number of carbonyl (C=O) groups excluding carboxylic acids is 1. The highest BCUT2D eigenvalue weighted by molar-refractivity contribution is 6.04. The summed E-state index contributed by atoms with van der Waals surface area (Å²) in [6, 6.07) is 12.8. The van der Waals surface area contributed by atoms with Crippen LogP contribution in [0.4, 0.5) is 4.39 Å². The number of nitrogens with one attached hydrogen (secondary N) is 2. The second-order valence-corrected chi connectivity index (χ2v) is 7.15. The van der Waals surface area contributed by atoms with Crippen LogP contribution in [0.3, 0.4) is 0 Å². The van der Waals surface area contributed by atoms with Gasteiger partial charge in [0.05, 0.1) is 29.8 Å². The van der Waals surface area contributed by atoms with E-state index in [1.165, 1.54) is 28.9 Å². The lowest BCUT2D eigenvalue weighted by Gasteiger charge is -2.05. The monoisotopic (exact) mass is 408 g/mol. The van der Waals surface area contributed by atoms with Crippen molar-refractivity contribution in [1.82, 2.24) is 15.2 Å². The lowest BCUT2D eigenvalue weighted by Crippen LogP contribution is -2.24. The Morgan fingerprint density at radius 3 is 2.43 bits per heavy atom. The van der Waals surface area contributed by atoms with E-state index in [9.17, 15) is 14.0 Å². The molecule has 1 aliphatic carbocycles. The Bertz CT molecular complexity index is 1160. The molecule has 0 bridgehead atoms. The molecule has 0 radical (unpaired) electrons. The first-order valence-corrected chi connectivity index (χ1v) is 9.58. The molecule has 154 valence electrons. The molecule has 1 saturated carbocycles. The fourth-order valence-corrected chi connectivity index (χ4v) is 3.14. The fourth-order valence-electron chi connectivity index (χ4n) is 3.14. The molecule has 0 unspecified atom stereocenters. The fraction of sp³-hybridized carbons (Fsp3) is 0.227. The highest BCUT2D eigenvalue weighted by atomic mass is 19.1. The van der Waals surface area contributed by atoms with Gasteiger partial charge in [0.25, 0.3) is 5.56 Å². The molecule has 0 aliphatic heterocycles. The molecule has 1 aromatic heterocycles. The molecule has 30 heavy (non-hydrogen) atoms. The second-order valence-electron chi connectivity index (χ2n) is 7.15. The summed E-state index contributed by atoms with van der Waals surface area (Å²) in [6.07, 6.45) is 1.72. The predicted molar refractivity (Wildman–Crippen MR) is 111 cm³/mol. The van der Waals surface area contributed by atoms with Crippen molar-refractivity contribution < 1.29 is 13.9 Å². The molecule has 0 atom stereocenters. The summed E-state index contributed by atoms with van der Waals surface area (Å²) in [7, 11) is 1.58. The summed E-state index contributed by atoms with van der Waals surface area (Å²) in [5.41, 5.74) is 4.64. The molecule has 3 aromatic rings. The molecule has 0 saturated heterocycles. The number of hydrogen-bond donors (Lipinski definition) is 2. The number of carbonyl (C=O) groups is 1. The maximum atomic E-state index is 13.3. The highest BCUT2D eigenvalue weighted by Crippen LogP contribution is 2.29. The number of nitrogens with zero attached hydrogens (tertiary/aromatic N) is 2. The molecule has 2 N–H and O–H groups in total. The summed E-state index contributed by atoms with van der Waals surface area (Å²) in [5.74, 6) is 0.150. The van der Waals surface area contributed by atoms with E-state index in [0.717, 1.165) is 18.4 Å². The number of H-pyrrole nitrogens is 1. The number of ether oxygens (including phenoxy) is 1. The Balaban J connectivity index is 1.80. The van der Waals surface area contributed by atoms with Crippen molar-refractivity contribution in [3.63, 3.8) is 0 Å². The van der Waals surface area contributed by atoms with Crippen molar-refractivity contribution >= 4 is 11.6 Å². The molecule has 1 fully saturated rings. The van der Waals surface area contributed by atoms with Crippen molar-refractivity contribution in [3.8, 4) is 22.7 Å². The third-order valence-electron chi connectivity index (χ3n) is 5.00. The predicted octanol–water partition coefficient (Wildman–Crippen LogP) is 3.23. The standard InChI is InChI=1S/C22H21FN4O3/c1-13(24-25-21(28)15-3-4-15)19-20(14-5-11-18(30-2)12-6-14)26-27(22(19)29)17-9-7-16(23)8-10-17/h5-12,15,26H,3-4H2,1-2H3,(H,25,28). The maximum absolute atomic E-state index is 13.3. The summed E-state index contributed by atoms with van der Waals surface area (Å²) < 4.78 is 19.9. The number of aromatic nitrogens is 2. The van der Waals surface area contributed by atoms with Gasteiger partial charge in [-0.3, -0.25) is 14.7 Å². The van der Waals surface area contributed by atoms with Gasteiger partial charge in [0.15, 0.2) is 0 Å². The van der Waals surface area contributed by atoms with Crippen molar-refractivity contribution in [2.45, 2.75) is 19.8 Å². The molecule has 2 aromatic carbocycles. The number of rotatable bonds is 6. The van der Waals surface area contributed by atoms with Gasteiger partial charge in [-0.2, -0.15) is 5.10 Å². The van der Waals surface area contributed by atoms with E-state index in [0.29, 0.717) is 28.4 Å². The number of hydrazone groups is 1. The highest BCUT2D eigenvalue weighted by Gasteiger charge is 2.29. The average Bonchev–Trinajstić information content (AvgIpc) is 3.56. The van der Waals surface area contributed by atoms with E-state index in [2.05, 4.69) is 15.6 Å². The van der Waals surface area contributed by atoms with Gasteiger partial charge in [0.2, 0.25) is 5.91 Å². The minimum atomic E-state index is -0.394. The number of hydrogen-bond acceptors (Lipinski definition) is 4. The van der Waals surface area contributed by atoms with Crippen molar-refractivity contribution in [2.24, 2.45) is 11.0 Å². The van der Waals surface area contributed by atoms with E-state index in [4.69, 9.17) is 4.74 Å². The van der Waals surface area contributed by atoms with Gasteiger partial charge in [-0.25, -0.2) is 14.5 Å². The smallest absolute Gasteiger partial charge is 0.281 e. The van der Waals surface area contributed by atoms with E-state index in [1.54, 1.807) is 26.2 Å². The Hall–Kier alpha value is -3.68. The van der Waals surface area contributed by atoms with Crippen molar-refractivity contribution in [2.75, 3.05) is 7.11 Å². The molecule has 1 heterocycles. The quantitative estimate of drug-likeness (QED) is 0.485. The van der Waals surface area contributed by atoms with Crippen LogP contribution < -0.4 is 15.7 Å². The summed E-state index contributed by atoms with van der Waals surface area (Å²) in [5, 5.41) is 7.25. The van der Waals surface area contributed by atoms with Crippen LogP contribution >= 0.6 is 0 Å². The largest absolute Gasteiger partial charge is 0.497 e. The lowest BCUT2D eigenvalue weighted by atomic mass is 10.1. The maximum Gasteiger partial charge on any atom is 0.281 e. The molecular formula is C22H21FN4O3. The third kappa shape index (κ3) is 3.89. The number of aromatic amines is 1. The Kier molecular flexibility index (Phi) is 5.22. The minimum absolute atomic E-state index is 0.00436. The summed E-state index contributed by atoms with van der Waals surface area (Å²) >= 11 is 0. The molecule has 8 heteroatoms. The van der Waals surface area contributed by atoms with E-state index in [1.807, 2.05) is 12.1 Å². The van der Waals surface area contributed by atoms with Gasteiger partial charge in [-0.05, 0) is 68.3 Å². The molecule has 7 nitrogen and oxygen atoms in total. The number of amides is 1. The molecule has 1 aliphatic rings. The normalized spacial score (nSPS) is 13.9. The second kappa shape index (κ2) is 7.98. The van der Waals surface area contributed by atoms with Gasteiger partial charge in [-0.15, -0.1) is 0 Å². The number of halogens is 1. The van der Waals surface area contributed by atoms with Crippen LogP contribution in [0.2, 0.25) is 0 Å². The van der Waals surface area contributed by atoms with E-state index < -0.39 is 5.82 Å². The van der Waals surface area contributed by atoms with Crippen molar-refractivity contribution in [1.29, 1.82) is 0 Å². The number of benzene rings is 2. The van der Waals surface area contributed by atoms with Crippen LogP contribution in [0.1, 0.15) is 25.3 Å². The average molecular weight is 408 g/mol. The van der Waals surface area contributed by atoms with Crippen LogP contribution in [-0.4, -0.2) is 28.5 Å².